The molecular weight excluding hydrogens is 515 g/mol. The SMILES string of the molecule is CN(C)Cc1c(-c2ccc(C#N)cc2)ccc2c(CCC3CCN(Cc4ccccc4)CC3)noc12.Cl.Cl. The number of benzene rings is 3. The lowest BCUT2D eigenvalue weighted by molar-refractivity contribution is 0.172. The molecule has 1 aliphatic rings. The molecule has 1 fully saturated rings. The van der Waals surface area contributed by atoms with Crippen LogP contribution in [0, 0.1) is 17.2 Å². The van der Waals surface area contributed by atoms with Crippen molar-refractivity contribution in [1.82, 2.24) is 15.0 Å². The highest BCUT2D eigenvalue weighted by Crippen LogP contribution is 2.34. The van der Waals surface area contributed by atoms with E-state index < -0.39 is 0 Å². The molecule has 0 saturated carbocycles. The Balaban J connectivity index is 0.00000200. The first-order valence-electron chi connectivity index (χ1n) is 12.9. The monoisotopic (exact) mass is 550 g/mol. The Kier molecular flexibility index (Phi) is 10.8. The highest BCUT2D eigenvalue weighted by molar-refractivity contribution is 5.89. The number of rotatable bonds is 8. The van der Waals surface area contributed by atoms with Crippen LogP contribution in [-0.4, -0.2) is 42.1 Å². The largest absolute Gasteiger partial charge is 0.356 e. The van der Waals surface area contributed by atoms with E-state index in [9.17, 15) is 0 Å². The first-order valence-corrected chi connectivity index (χ1v) is 12.9. The summed E-state index contributed by atoms with van der Waals surface area (Å²) in [7, 11) is 4.14. The summed E-state index contributed by atoms with van der Waals surface area (Å²) >= 11 is 0. The van der Waals surface area contributed by atoms with E-state index in [1.165, 1.54) is 31.5 Å². The third-order valence-corrected chi connectivity index (χ3v) is 7.36. The summed E-state index contributed by atoms with van der Waals surface area (Å²) in [6.07, 6.45) is 4.60. The van der Waals surface area contributed by atoms with Crippen LogP contribution in [0.2, 0.25) is 0 Å². The highest BCUT2D eigenvalue weighted by atomic mass is 35.5. The molecule has 3 aromatic carbocycles. The molecule has 0 bridgehead atoms. The van der Waals surface area contributed by atoms with Crippen LogP contribution >= 0.6 is 24.8 Å². The van der Waals surface area contributed by atoms with Gasteiger partial charge in [-0.15, -0.1) is 24.8 Å². The Morgan fingerprint density at radius 3 is 2.34 bits per heavy atom. The Hall–Kier alpha value is -2.88. The van der Waals surface area contributed by atoms with Crippen molar-refractivity contribution in [1.29, 1.82) is 5.26 Å². The van der Waals surface area contributed by atoms with E-state index in [1.807, 2.05) is 24.3 Å². The Morgan fingerprint density at radius 1 is 0.974 bits per heavy atom. The van der Waals surface area contributed by atoms with Crippen LogP contribution in [0.15, 0.2) is 71.3 Å². The van der Waals surface area contributed by atoms with Gasteiger partial charge < -0.3 is 9.42 Å². The number of aryl methyl sites for hydroxylation is 1. The molecule has 2 heterocycles. The van der Waals surface area contributed by atoms with E-state index in [1.54, 1.807) is 0 Å². The quantitative estimate of drug-likeness (QED) is 0.234. The molecule has 0 N–H and O–H groups in total. The molecule has 0 amide bonds. The number of likely N-dealkylation sites (tertiary alicyclic amines) is 1. The second-order valence-corrected chi connectivity index (χ2v) is 10.3. The van der Waals surface area contributed by atoms with Gasteiger partial charge in [-0.1, -0.05) is 53.7 Å². The number of halogens is 2. The Morgan fingerprint density at radius 2 is 1.68 bits per heavy atom. The summed E-state index contributed by atoms with van der Waals surface area (Å²) in [5, 5.41) is 14.8. The van der Waals surface area contributed by atoms with Crippen LogP contribution in [0.1, 0.15) is 41.6 Å². The predicted molar refractivity (Wildman–Crippen MR) is 159 cm³/mol. The first-order chi connectivity index (χ1) is 17.6. The van der Waals surface area contributed by atoms with Gasteiger partial charge in [0.15, 0.2) is 5.58 Å². The molecule has 7 heteroatoms. The van der Waals surface area contributed by atoms with Gasteiger partial charge in [0.1, 0.15) is 0 Å². The minimum atomic E-state index is 0. The average molecular weight is 552 g/mol. The summed E-state index contributed by atoms with van der Waals surface area (Å²) in [4.78, 5) is 4.74. The lowest BCUT2D eigenvalue weighted by atomic mass is 9.90. The number of nitriles is 1. The van der Waals surface area contributed by atoms with Crippen molar-refractivity contribution < 1.29 is 4.52 Å². The molecule has 1 aromatic heterocycles. The van der Waals surface area contributed by atoms with Crippen LogP contribution in [0.4, 0.5) is 0 Å². The van der Waals surface area contributed by atoms with Gasteiger partial charge >= 0.3 is 0 Å². The fourth-order valence-electron chi connectivity index (χ4n) is 5.37. The molecule has 0 unspecified atom stereocenters. The zero-order chi connectivity index (χ0) is 24.9. The number of hydrogen-bond acceptors (Lipinski definition) is 5. The van der Waals surface area contributed by atoms with Crippen LogP contribution in [-0.2, 0) is 19.5 Å². The zero-order valence-electron chi connectivity index (χ0n) is 22.1. The van der Waals surface area contributed by atoms with Gasteiger partial charge in [0.25, 0.3) is 0 Å². The normalized spacial score (nSPS) is 14.2. The van der Waals surface area contributed by atoms with Gasteiger partial charge in [-0.05, 0) is 93.7 Å². The van der Waals surface area contributed by atoms with Gasteiger partial charge in [-0.25, -0.2) is 0 Å². The molecule has 5 nitrogen and oxygen atoms in total. The summed E-state index contributed by atoms with van der Waals surface area (Å²) < 4.78 is 5.97. The minimum absolute atomic E-state index is 0. The fraction of sp³-hybridized carbons (Fsp3) is 0.355. The molecule has 1 saturated heterocycles. The van der Waals surface area contributed by atoms with Crippen molar-refractivity contribution in [2.75, 3.05) is 27.2 Å². The third-order valence-electron chi connectivity index (χ3n) is 7.36. The second kappa shape index (κ2) is 13.8. The van der Waals surface area contributed by atoms with Crippen LogP contribution in [0.5, 0.6) is 0 Å². The fourth-order valence-corrected chi connectivity index (χ4v) is 5.37. The summed E-state index contributed by atoms with van der Waals surface area (Å²) in [6.45, 7) is 4.15. The molecule has 0 aliphatic carbocycles. The van der Waals surface area contributed by atoms with Crippen molar-refractivity contribution in [2.45, 2.75) is 38.8 Å². The van der Waals surface area contributed by atoms with E-state index in [0.717, 1.165) is 65.2 Å². The number of aromatic nitrogens is 1. The third kappa shape index (κ3) is 6.95. The van der Waals surface area contributed by atoms with E-state index >= 15 is 0 Å². The Labute approximate surface area is 238 Å². The van der Waals surface area contributed by atoms with Crippen LogP contribution in [0.3, 0.4) is 0 Å². The summed E-state index contributed by atoms with van der Waals surface area (Å²) in [5.74, 6) is 0.739. The smallest absolute Gasteiger partial charge is 0.172 e. The number of piperidine rings is 1. The lowest BCUT2D eigenvalue weighted by Crippen LogP contribution is -2.33. The molecule has 1 aliphatic heterocycles. The molecule has 38 heavy (non-hydrogen) atoms. The first kappa shape index (κ1) is 29.7. The van der Waals surface area contributed by atoms with E-state index in [0.29, 0.717) is 5.56 Å². The molecule has 4 aromatic rings. The van der Waals surface area contributed by atoms with Gasteiger partial charge in [-0.2, -0.15) is 5.26 Å². The predicted octanol–water partition coefficient (Wildman–Crippen LogP) is 7.12. The van der Waals surface area contributed by atoms with E-state index in [-0.39, 0.29) is 24.8 Å². The van der Waals surface area contributed by atoms with Crippen molar-refractivity contribution in [2.24, 2.45) is 5.92 Å². The highest BCUT2D eigenvalue weighted by Gasteiger charge is 2.22. The molecule has 5 rings (SSSR count). The van der Waals surface area contributed by atoms with Gasteiger partial charge in [0.2, 0.25) is 0 Å². The van der Waals surface area contributed by atoms with E-state index in [2.05, 4.69) is 77.6 Å². The van der Waals surface area contributed by atoms with Crippen molar-refractivity contribution in [3.8, 4) is 17.2 Å². The topological polar surface area (TPSA) is 56.3 Å². The van der Waals surface area contributed by atoms with Gasteiger partial charge in [0.05, 0.1) is 17.3 Å². The standard InChI is InChI=1S/C31H34N4O.2ClH/c1-34(2)22-29-27(26-11-8-24(20-32)9-12-26)13-14-28-30(33-36-31(28)29)15-10-23-16-18-35(19-17-23)21-25-6-4-3-5-7-25;;/h3-9,11-14,23H,10,15-19,21-22H2,1-2H3;2*1H. The van der Waals surface area contributed by atoms with Gasteiger partial charge in [0, 0.05) is 24.0 Å². The zero-order valence-corrected chi connectivity index (χ0v) is 23.7. The van der Waals surface area contributed by atoms with Crippen LogP contribution < -0.4 is 0 Å². The molecule has 0 radical (unpaired) electrons. The maximum atomic E-state index is 9.15. The molecular formula is C31H36Cl2N4O. The van der Waals surface area contributed by atoms with Gasteiger partial charge in [-0.3, -0.25) is 4.90 Å². The Bertz CT molecular complexity index is 1340. The summed E-state index contributed by atoms with van der Waals surface area (Å²) in [6, 6.07) is 25.1. The molecule has 0 atom stereocenters. The van der Waals surface area contributed by atoms with Crippen LogP contribution in [0.25, 0.3) is 22.1 Å². The molecule has 200 valence electrons. The van der Waals surface area contributed by atoms with Crippen molar-refractivity contribution in [3.05, 3.63) is 89.1 Å². The minimum Gasteiger partial charge on any atom is -0.356 e. The van der Waals surface area contributed by atoms with E-state index in [4.69, 9.17) is 9.78 Å². The average Bonchev–Trinajstić information content (AvgIpc) is 3.32. The maximum Gasteiger partial charge on any atom is 0.172 e. The number of nitrogens with zero attached hydrogens (tertiary/aromatic N) is 4. The number of hydrogen-bond donors (Lipinski definition) is 0. The second-order valence-electron chi connectivity index (χ2n) is 10.3. The van der Waals surface area contributed by atoms with Crippen molar-refractivity contribution >= 4 is 35.8 Å². The molecule has 0 spiro atoms. The lowest BCUT2D eigenvalue weighted by Gasteiger charge is -2.32. The number of fused-ring (bicyclic) bond motifs is 1. The maximum absolute atomic E-state index is 9.15. The van der Waals surface area contributed by atoms with Crippen molar-refractivity contribution in [3.63, 3.8) is 0 Å². The summed E-state index contributed by atoms with van der Waals surface area (Å²) in [5.41, 5.74) is 7.40.